The van der Waals surface area contributed by atoms with Crippen molar-refractivity contribution in [2.45, 2.75) is 63.7 Å². The van der Waals surface area contributed by atoms with Crippen LogP contribution in [0.4, 0.5) is 18.9 Å². The summed E-state index contributed by atoms with van der Waals surface area (Å²) in [6.45, 7) is 6.31. The summed E-state index contributed by atoms with van der Waals surface area (Å²) in [5.74, 6) is -0.407. The second-order valence-corrected chi connectivity index (χ2v) is 14.6. The van der Waals surface area contributed by atoms with Crippen molar-refractivity contribution in [3.63, 3.8) is 0 Å². The lowest BCUT2D eigenvalue weighted by atomic mass is 9.86. The van der Waals surface area contributed by atoms with Crippen LogP contribution in [-0.4, -0.2) is 52.3 Å². The molecule has 0 spiro atoms. The molecule has 1 aliphatic heterocycles. The number of anilines is 1. The molecule has 0 radical (unpaired) electrons. The summed E-state index contributed by atoms with van der Waals surface area (Å²) in [5.41, 5.74) is 4.13. The number of carbonyl (C=O) groups excluding carboxylic acids is 1. The Morgan fingerprint density at radius 3 is 2.60 bits per heavy atom. The van der Waals surface area contributed by atoms with Crippen molar-refractivity contribution in [1.29, 1.82) is 0 Å². The lowest BCUT2D eigenvalue weighted by Crippen LogP contribution is -2.33. The van der Waals surface area contributed by atoms with Crippen LogP contribution in [0.3, 0.4) is 0 Å². The Hall–Kier alpha value is -4.82. The topological polar surface area (TPSA) is 119 Å². The van der Waals surface area contributed by atoms with Crippen molar-refractivity contribution in [1.82, 2.24) is 24.3 Å². The molecule has 14 heteroatoms. The van der Waals surface area contributed by atoms with Crippen LogP contribution >= 0.6 is 0 Å². The molecule has 0 saturated heterocycles. The summed E-state index contributed by atoms with van der Waals surface area (Å²) < 4.78 is 77.7. The highest BCUT2D eigenvalue weighted by Crippen LogP contribution is 2.38. The Labute approximate surface area is 288 Å². The van der Waals surface area contributed by atoms with Gasteiger partial charge in [0.05, 0.1) is 29.5 Å². The number of alkyl halides is 3. The average molecular weight is 707 g/mol. The Balaban J connectivity index is 1.41. The molecule has 2 atom stereocenters. The Kier molecular flexibility index (Phi) is 9.69. The lowest BCUT2D eigenvalue weighted by Gasteiger charge is -2.25. The second-order valence-electron chi connectivity index (χ2n) is 12.7. The number of rotatable bonds is 9. The molecule has 0 aliphatic carbocycles. The zero-order chi connectivity index (χ0) is 35.8. The highest BCUT2D eigenvalue weighted by molar-refractivity contribution is 7.89. The van der Waals surface area contributed by atoms with E-state index in [4.69, 9.17) is 4.74 Å². The zero-order valence-electron chi connectivity index (χ0n) is 28.0. The van der Waals surface area contributed by atoms with Crippen LogP contribution in [0.15, 0.2) is 78.0 Å². The minimum Gasteiger partial charge on any atom is -0.494 e. The van der Waals surface area contributed by atoms with Crippen LogP contribution in [0.1, 0.15) is 59.6 Å². The van der Waals surface area contributed by atoms with Crippen molar-refractivity contribution in [3.8, 4) is 5.75 Å². The van der Waals surface area contributed by atoms with Gasteiger partial charge in [-0.25, -0.2) is 13.1 Å². The molecule has 262 valence electrons. The van der Waals surface area contributed by atoms with Gasteiger partial charge in [-0.1, -0.05) is 36.4 Å². The van der Waals surface area contributed by atoms with E-state index in [2.05, 4.69) is 20.6 Å². The Morgan fingerprint density at radius 2 is 1.90 bits per heavy atom. The molecule has 3 aromatic carbocycles. The van der Waals surface area contributed by atoms with Gasteiger partial charge >= 0.3 is 6.18 Å². The minimum atomic E-state index is -4.69. The van der Waals surface area contributed by atoms with Crippen molar-refractivity contribution < 1.29 is 31.1 Å². The number of amides is 1. The predicted molar refractivity (Wildman–Crippen MR) is 182 cm³/mol. The number of methoxy groups -OCH3 is 1. The van der Waals surface area contributed by atoms with Gasteiger partial charge in [0, 0.05) is 38.2 Å². The zero-order valence-corrected chi connectivity index (χ0v) is 28.8. The summed E-state index contributed by atoms with van der Waals surface area (Å²) in [5, 5.41) is 11.5. The number of nitrogens with one attached hydrogen (secondary N) is 1. The highest BCUT2D eigenvalue weighted by Gasteiger charge is 2.37. The maximum absolute atomic E-state index is 14.0. The molecule has 1 unspecified atom stereocenters. The van der Waals surface area contributed by atoms with Crippen LogP contribution in [0.2, 0.25) is 0 Å². The van der Waals surface area contributed by atoms with Gasteiger partial charge in [-0.05, 0) is 90.4 Å². The number of nitrogens with zero attached hydrogens (tertiary/aromatic N) is 5. The van der Waals surface area contributed by atoms with E-state index in [0.717, 1.165) is 34.3 Å². The van der Waals surface area contributed by atoms with Crippen molar-refractivity contribution in [3.05, 3.63) is 106 Å². The number of aromatic nitrogens is 4. The molecule has 0 fully saturated rings. The van der Waals surface area contributed by atoms with Crippen LogP contribution in [-0.2, 0) is 40.5 Å². The fourth-order valence-corrected chi connectivity index (χ4v) is 8.32. The minimum absolute atomic E-state index is 0.0145. The third-order valence-electron chi connectivity index (χ3n) is 9.07. The molecule has 0 saturated carbocycles. The first kappa shape index (κ1) is 35.0. The molecule has 1 N–H and O–H groups in total. The van der Waals surface area contributed by atoms with Crippen molar-refractivity contribution in [2.75, 3.05) is 19.0 Å². The Morgan fingerprint density at radius 1 is 1.10 bits per heavy atom. The van der Waals surface area contributed by atoms with E-state index in [1.807, 2.05) is 51.1 Å². The van der Waals surface area contributed by atoms with Gasteiger partial charge in [-0.2, -0.15) is 17.5 Å². The number of hydrogen-bond acceptors (Lipinski definition) is 7. The first-order chi connectivity index (χ1) is 23.8. The normalized spacial score (nSPS) is 16.8. The highest BCUT2D eigenvalue weighted by atomic mass is 32.2. The lowest BCUT2D eigenvalue weighted by molar-refractivity contribution is -0.137. The van der Waals surface area contributed by atoms with E-state index in [-0.39, 0.29) is 36.2 Å². The molecule has 10 nitrogen and oxygen atoms in total. The number of sulfonamides is 1. The monoisotopic (exact) mass is 706 g/mol. The molecular weight excluding hydrogens is 669 g/mol. The van der Waals surface area contributed by atoms with E-state index < -0.39 is 27.7 Å². The van der Waals surface area contributed by atoms with Gasteiger partial charge in [0.2, 0.25) is 15.9 Å². The molecule has 6 rings (SSSR count). The fourth-order valence-electron chi connectivity index (χ4n) is 6.52. The smallest absolute Gasteiger partial charge is 0.416 e. The molecule has 1 aliphatic rings. The van der Waals surface area contributed by atoms with Crippen LogP contribution < -0.4 is 10.1 Å². The summed E-state index contributed by atoms with van der Waals surface area (Å²) in [6.07, 6.45) is -1.19. The number of halogens is 3. The number of aryl methyl sites for hydroxylation is 2. The number of fused-ring (bicyclic) bond motifs is 2. The largest absolute Gasteiger partial charge is 0.494 e. The third kappa shape index (κ3) is 7.08. The van der Waals surface area contributed by atoms with Crippen LogP contribution in [0.25, 0.3) is 11.0 Å². The first-order valence-electron chi connectivity index (χ1n) is 16.2. The van der Waals surface area contributed by atoms with E-state index in [1.54, 1.807) is 36.3 Å². The van der Waals surface area contributed by atoms with E-state index in [0.29, 0.717) is 41.0 Å². The molecule has 2 aromatic heterocycles. The Bertz CT molecular complexity index is 2150. The second kappa shape index (κ2) is 13.8. The van der Waals surface area contributed by atoms with Gasteiger partial charge in [0.15, 0.2) is 0 Å². The van der Waals surface area contributed by atoms with Gasteiger partial charge in [0.1, 0.15) is 16.8 Å². The van der Waals surface area contributed by atoms with Crippen molar-refractivity contribution in [2.24, 2.45) is 5.92 Å². The standard InChI is InChI=1S/C36H37F3N6O4S/c1-5-45-35-31(42-43-45)15-26(16-32(35)49-4)30(18-34(46)41-29-7-6-12-40-19-29)24-9-8-23(3)27(14-24)21-44-20-22(2)13-25-10-11-28(36(37,38)39)17-33(25)50(44,47)48/h6-12,14-17,19,22,30H,5,13,18,20-21H2,1-4H3,(H,41,46)/t22-,30?/m0/s1. The molecule has 50 heavy (non-hydrogen) atoms. The maximum atomic E-state index is 14.0. The van der Waals surface area contributed by atoms with E-state index in [1.165, 1.54) is 10.4 Å². The number of pyridine rings is 1. The van der Waals surface area contributed by atoms with Gasteiger partial charge in [-0.15, -0.1) is 5.10 Å². The molecular formula is C36H37F3N6O4S. The number of hydrogen-bond donors (Lipinski definition) is 1. The molecule has 1 amide bonds. The average Bonchev–Trinajstić information content (AvgIpc) is 3.47. The number of ether oxygens (including phenoxy) is 1. The van der Waals surface area contributed by atoms with Gasteiger partial charge in [-0.3, -0.25) is 9.78 Å². The summed E-state index contributed by atoms with van der Waals surface area (Å²) in [6, 6.07) is 15.8. The summed E-state index contributed by atoms with van der Waals surface area (Å²) >= 11 is 0. The third-order valence-corrected chi connectivity index (χ3v) is 11.0. The maximum Gasteiger partial charge on any atom is 0.416 e. The molecule has 3 heterocycles. The van der Waals surface area contributed by atoms with Gasteiger partial charge in [0.25, 0.3) is 0 Å². The van der Waals surface area contributed by atoms with Crippen LogP contribution in [0.5, 0.6) is 5.75 Å². The van der Waals surface area contributed by atoms with Crippen molar-refractivity contribution >= 4 is 32.7 Å². The fraction of sp³-hybridized carbons (Fsp3) is 0.333. The first-order valence-corrected chi connectivity index (χ1v) is 17.6. The summed E-state index contributed by atoms with van der Waals surface area (Å²) in [7, 11) is -2.74. The SMILES string of the molecule is CCn1nnc2cc(C(CC(=O)Nc3cccnc3)c3ccc(C)c(CN4C[C@@H](C)Cc5ccc(C(F)(F)F)cc5S4(=O)=O)c3)cc(OC)c21. The van der Waals surface area contributed by atoms with E-state index in [9.17, 15) is 26.4 Å². The van der Waals surface area contributed by atoms with Crippen LogP contribution in [0, 0.1) is 12.8 Å². The quantitative estimate of drug-likeness (QED) is 0.181. The number of benzene rings is 3. The van der Waals surface area contributed by atoms with Gasteiger partial charge < -0.3 is 10.1 Å². The predicted octanol–water partition coefficient (Wildman–Crippen LogP) is 6.73. The molecule has 0 bridgehead atoms. The van der Waals surface area contributed by atoms with E-state index >= 15 is 0 Å². The number of carbonyl (C=O) groups is 1. The summed E-state index contributed by atoms with van der Waals surface area (Å²) in [4.78, 5) is 17.3. The molecule has 5 aromatic rings.